The smallest absolute Gasteiger partial charge is 0.416 e. The molecule has 5 nitrogen and oxygen atoms in total. The van der Waals surface area contributed by atoms with Gasteiger partial charge in [-0.2, -0.15) is 13.2 Å². The lowest BCUT2D eigenvalue weighted by atomic mass is 10.2. The van der Waals surface area contributed by atoms with Gasteiger partial charge in [0.25, 0.3) is 5.91 Å². The monoisotopic (exact) mass is 387 g/mol. The quantitative estimate of drug-likeness (QED) is 0.639. The van der Waals surface area contributed by atoms with Crippen LogP contribution in [0.3, 0.4) is 0 Å². The third-order valence-electron chi connectivity index (χ3n) is 3.85. The maximum Gasteiger partial charge on any atom is 0.416 e. The van der Waals surface area contributed by atoms with Crippen LogP contribution in [-0.2, 0) is 6.18 Å². The van der Waals surface area contributed by atoms with Gasteiger partial charge in [0.05, 0.1) is 12.7 Å². The zero-order valence-electron chi connectivity index (χ0n) is 14.7. The fourth-order valence-electron chi connectivity index (χ4n) is 2.41. The van der Waals surface area contributed by atoms with Crippen LogP contribution in [0.15, 0.2) is 66.9 Å². The standard InChI is InChI=1S/C20H16F3N3O2/c1-28-17-8-6-16(7-9-17)26-19(27)13-10-11-24-18(12-13)25-15-4-2-14(3-5-15)20(21,22)23/h2-12H,1H3,(H,24,25)(H,26,27). The van der Waals surface area contributed by atoms with Crippen molar-refractivity contribution in [1.82, 2.24) is 4.98 Å². The molecule has 0 aliphatic carbocycles. The number of nitrogens with zero attached hydrogens (tertiary/aromatic N) is 1. The topological polar surface area (TPSA) is 63.2 Å². The van der Waals surface area contributed by atoms with E-state index in [9.17, 15) is 18.0 Å². The Bertz CT molecular complexity index is 956. The highest BCUT2D eigenvalue weighted by Crippen LogP contribution is 2.30. The van der Waals surface area contributed by atoms with Gasteiger partial charge in [0.1, 0.15) is 11.6 Å². The fraction of sp³-hybridized carbons (Fsp3) is 0.100. The minimum Gasteiger partial charge on any atom is -0.497 e. The molecule has 3 aromatic rings. The van der Waals surface area contributed by atoms with E-state index in [1.54, 1.807) is 31.4 Å². The van der Waals surface area contributed by atoms with Gasteiger partial charge < -0.3 is 15.4 Å². The number of halogens is 3. The van der Waals surface area contributed by atoms with Crippen molar-refractivity contribution >= 4 is 23.1 Å². The number of hydrogen-bond donors (Lipinski definition) is 2. The molecule has 1 heterocycles. The van der Waals surface area contributed by atoms with Gasteiger partial charge in [0, 0.05) is 23.1 Å². The Kier molecular flexibility index (Phi) is 5.49. The second-order valence-electron chi connectivity index (χ2n) is 5.81. The number of nitrogens with one attached hydrogen (secondary N) is 2. The number of ether oxygens (including phenoxy) is 1. The van der Waals surface area contributed by atoms with Gasteiger partial charge in [-0.25, -0.2) is 4.98 Å². The minimum absolute atomic E-state index is 0.335. The maximum absolute atomic E-state index is 12.6. The number of anilines is 3. The molecule has 8 heteroatoms. The molecule has 0 unspecified atom stereocenters. The van der Waals surface area contributed by atoms with Gasteiger partial charge >= 0.3 is 6.18 Å². The van der Waals surface area contributed by atoms with Gasteiger partial charge in [-0.15, -0.1) is 0 Å². The van der Waals surface area contributed by atoms with Gasteiger partial charge in [0.15, 0.2) is 0 Å². The molecule has 144 valence electrons. The first-order valence-electron chi connectivity index (χ1n) is 8.21. The highest BCUT2D eigenvalue weighted by Gasteiger charge is 2.29. The summed E-state index contributed by atoms with van der Waals surface area (Å²) >= 11 is 0. The van der Waals surface area contributed by atoms with E-state index in [0.29, 0.717) is 28.5 Å². The van der Waals surface area contributed by atoms with Crippen LogP contribution in [0, 0.1) is 0 Å². The normalized spacial score (nSPS) is 11.0. The summed E-state index contributed by atoms with van der Waals surface area (Å²) in [5, 5.41) is 5.63. The lowest BCUT2D eigenvalue weighted by Crippen LogP contribution is -2.12. The van der Waals surface area contributed by atoms with E-state index in [1.807, 2.05) is 0 Å². The number of hydrogen-bond acceptors (Lipinski definition) is 4. The van der Waals surface area contributed by atoms with Crippen molar-refractivity contribution in [2.75, 3.05) is 17.7 Å². The number of carbonyl (C=O) groups excluding carboxylic acids is 1. The zero-order valence-corrected chi connectivity index (χ0v) is 14.7. The third-order valence-corrected chi connectivity index (χ3v) is 3.85. The first-order valence-corrected chi connectivity index (χ1v) is 8.21. The third kappa shape index (κ3) is 4.79. The van der Waals surface area contributed by atoms with Crippen molar-refractivity contribution in [2.45, 2.75) is 6.18 Å². The SMILES string of the molecule is COc1ccc(NC(=O)c2ccnc(Nc3ccc(C(F)(F)F)cc3)c2)cc1. The highest BCUT2D eigenvalue weighted by atomic mass is 19.4. The van der Waals surface area contributed by atoms with Crippen LogP contribution in [-0.4, -0.2) is 18.0 Å². The van der Waals surface area contributed by atoms with Gasteiger partial charge in [-0.1, -0.05) is 0 Å². The Labute approximate surface area is 159 Å². The summed E-state index contributed by atoms with van der Waals surface area (Å²) in [4.78, 5) is 16.5. The Hall–Kier alpha value is -3.55. The molecule has 0 fully saturated rings. The Balaban J connectivity index is 1.70. The highest BCUT2D eigenvalue weighted by molar-refractivity contribution is 6.04. The predicted octanol–water partition coefficient (Wildman–Crippen LogP) is 5.10. The second-order valence-corrected chi connectivity index (χ2v) is 5.81. The summed E-state index contributed by atoms with van der Waals surface area (Å²) in [6.07, 6.45) is -2.95. The average Bonchev–Trinajstić information content (AvgIpc) is 2.68. The van der Waals surface area contributed by atoms with Gasteiger partial charge in [-0.05, 0) is 60.7 Å². The van der Waals surface area contributed by atoms with E-state index in [4.69, 9.17) is 4.74 Å². The number of aromatic nitrogens is 1. The number of methoxy groups -OCH3 is 1. The summed E-state index contributed by atoms with van der Waals surface area (Å²) in [5.41, 5.74) is 0.631. The first kappa shape index (κ1) is 19.2. The number of carbonyl (C=O) groups is 1. The Morgan fingerprint density at radius 3 is 2.21 bits per heavy atom. The summed E-state index contributed by atoms with van der Waals surface area (Å²) in [5.74, 6) is 0.662. The van der Waals surface area contributed by atoms with Crippen LogP contribution >= 0.6 is 0 Å². The van der Waals surface area contributed by atoms with Crippen molar-refractivity contribution < 1.29 is 22.7 Å². The zero-order chi connectivity index (χ0) is 20.1. The fourth-order valence-corrected chi connectivity index (χ4v) is 2.41. The summed E-state index contributed by atoms with van der Waals surface area (Å²) < 4.78 is 42.9. The molecule has 28 heavy (non-hydrogen) atoms. The molecular weight excluding hydrogens is 371 g/mol. The van der Waals surface area contributed by atoms with Crippen LogP contribution in [0.5, 0.6) is 5.75 Å². The van der Waals surface area contributed by atoms with Crippen molar-refractivity contribution in [3.63, 3.8) is 0 Å². The molecule has 0 aliphatic heterocycles. The lowest BCUT2D eigenvalue weighted by molar-refractivity contribution is -0.137. The maximum atomic E-state index is 12.6. The minimum atomic E-state index is -4.39. The first-order chi connectivity index (χ1) is 13.3. The second kappa shape index (κ2) is 7.99. The largest absolute Gasteiger partial charge is 0.497 e. The number of rotatable bonds is 5. The molecule has 3 rings (SSSR count). The number of benzene rings is 2. The van der Waals surface area contributed by atoms with Crippen LogP contribution in [0.2, 0.25) is 0 Å². The van der Waals surface area contributed by atoms with E-state index in [0.717, 1.165) is 12.1 Å². The predicted molar refractivity (Wildman–Crippen MR) is 99.9 cm³/mol. The van der Waals surface area contributed by atoms with Crippen molar-refractivity contribution in [3.05, 3.63) is 78.0 Å². The molecule has 0 spiro atoms. The summed E-state index contributed by atoms with van der Waals surface area (Å²) in [6, 6.07) is 14.5. The van der Waals surface area contributed by atoms with E-state index >= 15 is 0 Å². The lowest BCUT2D eigenvalue weighted by Gasteiger charge is -2.10. The molecule has 0 saturated carbocycles. The molecule has 0 aliphatic rings. The molecule has 0 bridgehead atoms. The molecule has 0 radical (unpaired) electrons. The van der Waals surface area contributed by atoms with E-state index < -0.39 is 11.7 Å². The molecule has 0 saturated heterocycles. The molecule has 2 N–H and O–H groups in total. The van der Waals surface area contributed by atoms with E-state index in [1.165, 1.54) is 30.5 Å². The molecule has 0 atom stereocenters. The van der Waals surface area contributed by atoms with Crippen LogP contribution in [0.4, 0.5) is 30.4 Å². The van der Waals surface area contributed by atoms with Crippen molar-refractivity contribution in [1.29, 1.82) is 0 Å². The number of amides is 1. The van der Waals surface area contributed by atoms with Gasteiger partial charge in [0.2, 0.25) is 0 Å². The molecule has 2 aromatic carbocycles. The Morgan fingerprint density at radius 1 is 0.964 bits per heavy atom. The van der Waals surface area contributed by atoms with Gasteiger partial charge in [-0.3, -0.25) is 4.79 Å². The summed E-state index contributed by atoms with van der Waals surface area (Å²) in [6.45, 7) is 0. The summed E-state index contributed by atoms with van der Waals surface area (Å²) in [7, 11) is 1.55. The van der Waals surface area contributed by atoms with Crippen LogP contribution in [0.1, 0.15) is 15.9 Å². The van der Waals surface area contributed by atoms with Crippen LogP contribution in [0.25, 0.3) is 0 Å². The number of alkyl halides is 3. The molecule has 1 amide bonds. The van der Waals surface area contributed by atoms with Crippen molar-refractivity contribution in [3.8, 4) is 5.75 Å². The van der Waals surface area contributed by atoms with E-state index in [-0.39, 0.29) is 5.91 Å². The number of pyridine rings is 1. The average molecular weight is 387 g/mol. The van der Waals surface area contributed by atoms with Crippen LogP contribution < -0.4 is 15.4 Å². The van der Waals surface area contributed by atoms with Crippen molar-refractivity contribution in [2.24, 2.45) is 0 Å². The molecular formula is C20H16F3N3O2. The molecule has 1 aromatic heterocycles. The Morgan fingerprint density at radius 2 is 1.61 bits per heavy atom. The van der Waals surface area contributed by atoms with E-state index in [2.05, 4.69) is 15.6 Å².